The Balaban J connectivity index is 2.30. The van der Waals surface area contributed by atoms with E-state index in [4.69, 9.17) is 10.5 Å². The van der Waals surface area contributed by atoms with Gasteiger partial charge in [0.15, 0.2) is 0 Å². The third-order valence-corrected chi connectivity index (χ3v) is 5.52. The fraction of sp³-hybridized carbons (Fsp3) is 0.571. The molecule has 3 nitrogen and oxygen atoms in total. The first-order chi connectivity index (χ1) is 9.17. The molecule has 0 aliphatic carbocycles. The zero-order valence-corrected chi connectivity index (χ0v) is 13.8. The van der Waals surface area contributed by atoms with E-state index in [2.05, 4.69) is 33.8 Å². The molecule has 1 aromatic carbocycles. The van der Waals surface area contributed by atoms with E-state index in [1.54, 1.807) is 7.11 Å². The molecule has 0 radical (unpaired) electrons. The van der Waals surface area contributed by atoms with E-state index in [1.165, 1.54) is 17.1 Å². The van der Waals surface area contributed by atoms with Gasteiger partial charge in [-0.3, -0.25) is 4.90 Å². The fourth-order valence-corrected chi connectivity index (χ4v) is 4.10. The minimum atomic E-state index is 0.250. The van der Waals surface area contributed by atoms with Gasteiger partial charge in [-0.2, -0.15) is 11.8 Å². The quantitative estimate of drug-likeness (QED) is 0.911. The first-order valence-electron chi connectivity index (χ1n) is 6.54. The Morgan fingerprint density at radius 1 is 1.58 bits per heavy atom. The Morgan fingerprint density at radius 2 is 2.37 bits per heavy atom. The molecule has 2 unspecified atom stereocenters. The maximum Gasteiger partial charge on any atom is 0.119 e. The summed E-state index contributed by atoms with van der Waals surface area (Å²) in [4.78, 5) is 2.51. The van der Waals surface area contributed by atoms with Crippen LogP contribution < -0.4 is 10.5 Å². The number of methoxy groups -OCH3 is 1. The lowest BCUT2D eigenvalue weighted by Gasteiger charge is -2.39. The zero-order valence-electron chi connectivity index (χ0n) is 11.4. The number of nitrogens with two attached hydrogens (primary N) is 1. The van der Waals surface area contributed by atoms with Crippen LogP contribution in [0.1, 0.15) is 18.5 Å². The molecule has 2 N–H and O–H groups in total. The van der Waals surface area contributed by atoms with Gasteiger partial charge in [-0.15, -0.1) is 0 Å². The van der Waals surface area contributed by atoms with Gasteiger partial charge in [0.05, 0.1) is 7.11 Å². The molecule has 0 aromatic heterocycles. The van der Waals surface area contributed by atoms with Crippen LogP contribution in [0.25, 0.3) is 0 Å². The van der Waals surface area contributed by atoms with Crippen molar-refractivity contribution in [2.45, 2.75) is 19.0 Å². The van der Waals surface area contributed by atoms with Gasteiger partial charge < -0.3 is 10.5 Å². The highest BCUT2D eigenvalue weighted by Crippen LogP contribution is 2.33. The third-order valence-electron chi connectivity index (χ3n) is 3.60. The Kier molecular flexibility index (Phi) is 5.57. The monoisotopic (exact) mass is 344 g/mol. The van der Waals surface area contributed by atoms with Gasteiger partial charge in [0.25, 0.3) is 0 Å². The topological polar surface area (TPSA) is 38.5 Å². The predicted octanol–water partition coefficient (Wildman–Crippen LogP) is 2.89. The maximum atomic E-state index is 6.05. The van der Waals surface area contributed by atoms with E-state index in [1.807, 2.05) is 23.9 Å². The fourth-order valence-electron chi connectivity index (χ4n) is 2.55. The van der Waals surface area contributed by atoms with E-state index < -0.39 is 0 Å². The number of ether oxygens (including phenoxy) is 1. The molecule has 19 heavy (non-hydrogen) atoms. The Morgan fingerprint density at radius 3 is 3.00 bits per heavy atom. The summed E-state index contributed by atoms with van der Waals surface area (Å²) >= 11 is 5.67. The molecule has 1 aliphatic heterocycles. The van der Waals surface area contributed by atoms with Crippen LogP contribution in [0.2, 0.25) is 0 Å². The molecular formula is C14H21BrN2OS. The summed E-state index contributed by atoms with van der Waals surface area (Å²) in [6.07, 6.45) is 0. The van der Waals surface area contributed by atoms with E-state index in [9.17, 15) is 0 Å². The van der Waals surface area contributed by atoms with Crippen molar-refractivity contribution in [3.8, 4) is 5.75 Å². The molecule has 1 aromatic rings. The number of hydrogen-bond donors (Lipinski definition) is 1. The summed E-state index contributed by atoms with van der Waals surface area (Å²) in [6.45, 7) is 4.00. The summed E-state index contributed by atoms with van der Waals surface area (Å²) < 4.78 is 6.44. The molecule has 1 heterocycles. The highest BCUT2D eigenvalue weighted by Gasteiger charge is 2.28. The van der Waals surface area contributed by atoms with Crippen LogP contribution in [0.15, 0.2) is 22.7 Å². The zero-order chi connectivity index (χ0) is 13.8. The first-order valence-corrected chi connectivity index (χ1v) is 8.49. The second-order valence-electron chi connectivity index (χ2n) is 4.80. The SMILES string of the molecule is COc1ccc(Br)c(C(CN)N2CCSCC2C)c1. The number of nitrogens with zero attached hydrogens (tertiary/aromatic N) is 1. The Hall–Kier alpha value is -0.230. The van der Waals surface area contributed by atoms with Crippen LogP contribution in [-0.2, 0) is 0 Å². The minimum Gasteiger partial charge on any atom is -0.497 e. The summed E-state index contributed by atoms with van der Waals surface area (Å²) in [5.74, 6) is 3.25. The highest BCUT2D eigenvalue weighted by atomic mass is 79.9. The number of benzene rings is 1. The van der Waals surface area contributed by atoms with E-state index in [0.717, 1.165) is 16.8 Å². The number of halogens is 1. The van der Waals surface area contributed by atoms with Crippen LogP contribution in [0.4, 0.5) is 0 Å². The number of hydrogen-bond acceptors (Lipinski definition) is 4. The standard InChI is InChI=1S/C14H21BrN2OS/c1-10-9-19-6-5-17(10)14(8-16)12-7-11(18-2)3-4-13(12)15/h3-4,7,10,14H,5-6,8-9,16H2,1-2H3. The summed E-state index contributed by atoms with van der Waals surface area (Å²) in [7, 11) is 1.70. The lowest BCUT2D eigenvalue weighted by Crippen LogP contribution is -2.45. The molecule has 0 bridgehead atoms. The normalized spacial score (nSPS) is 22.2. The van der Waals surface area contributed by atoms with Crippen molar-refractivity contribution in [2.75, 3.05) is 31.7 Å². The molecule has 0 spiro atoms. The van der Waals surface area contributed by atoms with E-state index in [0.29, 0.717) is 12.6 Å². The summed E-state index contributed by atoms with van der Waals surface area (Å²) in [5.41, 5.74) is 7.27. The van der Waals surface area contributed by atoms with Crippen LogP contribution >= 0.6 is 27.7 Å². The van der Waals surface area contributed by atoms with Gasteiger partial charge in [-0.1, -0.05) is 15.9 Å². The van der Waals surface area contributed by atoms with Crippen LogP contribution in [-0.4, -0.2) is 42.6 Å². The van der Waals surface area contributed by atoms with Crippen molar-refractivity contribution >= 4 is 27.7 Å². The van der Waals surface area contributed by atoms with Gasteiger partial charge in [-0.25, -0.2) is 0 Å². The van der Waals surface area contributed by atoms with Crippen molar-refractivity contribution in [3.05, 3.63) is 28.2 Å². The van der Waals surface area contributed by atoms with Crippen molar-refractivity contribution in [1.82, 2.24) is 4.90 Å². The lowest BCUT2D eigenvalue weighted by molar-refractivity contribution is 0.165. The van der Waals surface area contributed by atoms with Crippen molar-refractivity contribution in [3.63, 3.8) is 0 Å². The highest BCUT2D eigenvalue weighted by molar-refractivity contribution is 9.10. The summed E-state index contributed by atoms with van der Waals surface area (Å²) in [6, 6.07) is 6.91. The average molecular weight is 345 g/mol. The molecular weight excluding hydrogens is 324 g/mol. The summed E-state index contributed by atoms with van der Waals surface area (Å²) in [5, 5.41) is 0. The predicted molar refractivity (Wildman–Crippen MR) is 86.0 cm³/mol. The molecule has 1 fully saturated rings. The van der Waals surface area contributed by atoms with Gasteiger partial charge in [0.1, 0.15) is 5.75 Å². The second-order valence-corrected chi connectivity index (χ2v) is 6.80. The van der Waals surface area contributed by atoms with Crippen LogP contribution in [0.3, 0.4) is 0 Å². The smallest absolute Gasteiger partial charge is 0.119 e. The van der Waals surface area contributed by atoms with Crippen LogP contribution in [0.5, 0.6) is 5.75 Å². The van der Waals surface area contributed by atoms with Crippen molar-refractivity contribution in [2.24, 2.45) is 5.73 Å². The minimum absolute atomic E-state index is 0.250. The number of thioether (sulfide) groups is 1. The molecule has 1 saturated heterocycles. The maximum absolute atomic E-state index is 6.05. The van der Waals surface area contributed by atoms with Gasteiger partial charge in [0.2, 0.25) is 0 Å². The Labute approximate surface area is 128 Å². The molecule has 5 heteroatoms. The average Bonchev–Trinajstić information content (AvgIpc) is 2.43. The van der Waals surface area contributed by atoms with E-state index in [-0.39, 0.29) is 6.04 Å². The van der Waals surface area contributed by atoms with Gasteiger partial charge in [0, 0.05) is 41.2 Å². The van der Waals surface area contributed by atoms with Gasteiger partial charge >= 0.3 is 0 Å². The molecule has 106 valence electrons. The molecule has 2 atom stereocenters. The number of rotatable bonds is 4. The largest absolute Gasteiger partial charge is 0.497 e. The van der Waals surface area contributed by atoms with E-state index >= 15 is 0 Å². The molecule has 1 aliphatic rings. The second kappa shape index (κ2) is 6.97. The lowest BCUT2D eigenvalue weighted by atomic mass is 10.0. The molecule has 0 saturated carbocycles. The van der Waals surface area contributed by atoms with Crippen LogP contribution in [0, 0.1) is 0 Å². The molecule has 2 rings (SSSR count). The van der Waals surface area contributed by atoms with Gasteiger partial charge in [-0.05, 0) is 30.7 Å². The Bertz CT molecular complexity index is 430. The first kappa shape index (κ1) is 15.2. The van der Waals surface area contributed by atoms with Crippen molar-refractivity contribution in [1.29, 1.82) is 0 Å². The van der Waals surface area contributed by atoms with Crippen molar-refractivity contribution < 1.29 is 4.74 Å². The molecule has 0 amide bonds. The third kappa shape index (κ3) is 3.45.